The van der Waals surface area contributed by atoms with Crippen molar-refractivity contribution in [1.29, 1.82) is 0 Å². The van der Waals surface area contributed by atoms with Crippen LogP contribution < -0.4 is 5.32 Å². The van der Waals surface area contributed by atoms with Crippen LogP contribution in [0.1, 0.15) is 64.2 Å². The van der Waals surface area contributed by atoms with Crippen LogP contribution in [0.5, 0.6) is 0 Å². The van der Waals surface area contributed by atoms with Crippen molar-refractivity contribution in [1.82, 2.24) is 0 Å². The first-order valence-electron chi connectivity index (χ1n) is 9.65. The summed E-state index contributed by atoms with van der Waals surface area (Å²) in [5.41, 5.74) is -0.376. The molecule has 2 fully saturated rings. The molecule has 2 unspecified atom stereocenters. The quantitative estimate of drug-likeness (QED) is 0.787. The Balaban J connectivity index is 1.72. The second-order valence-electron chi connectivity index (χ2n) is 9.16. The van der Waals surface area contributed by atoms with Gasteiger partial charge in [-0.2, -0.15) is 0 Å². The molecular weight excluding hydrogens is 342 g/mol. The van der Waals surface area contributed by atoms with Gasteiger partial charge in [-0.1, -0.05) is 34.6 Å². The van der Waals surface area contributed by atoms with Crippen LogP contribution in [0.4, 0.5) is 5.69 Å². The fraction of sp³-hybridized carbons (Fsp3) is 0.591. The third-order valence-electron chi connectivity index (χ3n) is 7.07. The minimum absolute atomic E-state index is 0.0998. The number of ketones is 1. The molecule has 2 aliphatic carbocycles. The van der Waals surface area contributed by atoms with E-state index in [9.17, 15) is 14.4 Å². The van der Waals surface area contributed by atoms with Crippen molar-refractivity contribution in [2.24, 2.45) is 22.2 Å². The Morgan fingerprint density at radius 2 is 1.74 bits per heavy atom. The molecule has 0 radical (unpaired) electrons. The number of rotatable bonds is 5. The number of nitrogens with one attached hydrogen (secondary N) is 1. The van der Waals surface area contributed by atoms with Gasteiger partial charge in [-0.15, -0.1) is 0 Å². The number of esters is 1. The van der Waals surface area contributed by atoms with Gasteiger partial charge in [0.25, 0.3) is 0 Å². The molecule has 146 valence electrons. The lowest BCUT2D eigenvalue weighted by Gasteiger charge is -2.38. The van der Waals surface area contributed by atoms with E-state index in [1.807, 2.05) is 34.6 Å². The van der Waals surface area contributed by atoms with Gasteiger partial charge >= 0.3 is 5.97 Å². The predicted molar refractivity (Wildman–Crippen MR) is 103 cm³/mol. The SMILES string of the molecule is CC(C)COC(=O)c1ccc(NC(=O)C23CCC(C)(C(=O)C2)C3(C)C)cc1. The summed E-state index contributed by atoms with van der Waals surface area (Å²) in [6.07, 6.45) is 1.79. The number of carbonyl (C=O) groups excluding carboxylic acids is 3. The van der Waals surface area contributed by atoms with Crippen LogP contribution in [0.3, 0.4) is 0 Å². The molecule has 2 bridgehead atoms. The average molecular weight is 371 g/mol. The van der Waals surface area contributed by atoms with Crippen LogP contribution in [0.2, 0.25) is 0 Å². The Bertz CT molecular complexity index is 780. The predicted octanol–water partition coefficient (Wildman–Crippen LogP) is 4.22. The van der Waals surface area contributed by atoms with E-state index in [-0.39, 0.29) is 29.0 Å². The first-order chi connectivity index (χ1) is 12.5. The molecule has 1 N–H and O–H groups in total. The molecule has 1 amide bonds. The fourth-order valence-electron chi connectivity index (χ4n) is 4.63. The zero-order chi connectivity index (χ0) is 20.0. The third-order valence-corrected chi connectivity index (χ3v) is 7.07. The van der Waals surface area contributed by atoms with Crippen LogP contribution >= 0.6 is 0 Å². The summed E-state index contributed by atoms with van der Waals surface area (Å²) in [6.45, 7) is 10.4. The molecule has 0 spiro atoms. The van der Waals surface area contributed by atoms with Crippen LogP contribution in [0.15, 0.2) is 24.3 Å². The van der Waals surface area contributed by atoms with Crippen molar-refractivity contribution < 1.29 is 19.1 Å². The van der Waals surface area contributed by atoms with Crippen molar-refractivity contribution in [2.45, 2.75) is 53.9 Å². The van der Waals surface area contributed by atoms with E-state index < -0.39 is 10.8 Å². The second-order valence-corrected chi connectivity index (χ2v) is 9.16. The fourth-order valence-corrected chi connectivity index (χ4v) is 4.63. The van der Waals surface area contributed by atoms with Crippen molar-refractivity contribution >= 4 is 23.3 Å². The number of anilines is 1. The highest BCUT2D eigenvalue weighted by atomic mass is 16.5. The van der Waals surface area contributed by atoms with Gasteiger partial charge in [0.05, 0.1) is 17.6 Å². The zero-order valence-corrected chi connectivity index (χ0v) is 16.8. The Morgan fingerprint density at radius 1 is 1.11 bits per heavy atom. The maximum Gasteiger partial charge on any atom is 0.338 e. The van der Waals surface area contributed by atoms with Gasteiger partial charge in [-0.25, -0.2) is 4.79 Å². The van der Waals surface area contributed by atoms with Gasteiger partial charge in [0.15, 0.2) is 0 Å². The Kier molecular flexibility index (Phi) is 4.69. The molecule has 2 saturated carbocycles. The number of ether oxygens (including phenoxy) is 1. The van der Waals surface area contributed by atoms with E-state index in [0.29, 0.717) is 24.3 Å². The Hall–Kier alpha value is -2.17. The van der Waals surface area contributed by atoms with E-state index in [0.717, 1.165) is 12.8 Å². The van der Waals surface area contributed by atoms with Crippen molar-refractivity contribution in [3.8, 4) is 0 Å². The molecule has 2 atom stereocenters. The molecule has 0 saturated heterocycles. The standard InChI is InChI=1S/C22H29NO4/c1-14(2)13-27-18(25)15-6-8-16(9-7-15)23-19(26)22-11-10-21(5,17(24)12-22)20(22,3)4/h6-9,14H,10-13H2,1-5H3,(H,23,26). The molecule has 0 heterocycles. The van der Waals surface area contributed by atoms with Gasteiger partial charge in [-0.05, 0) is 48.4 Å². The van der Waals surface area contributed by atoms with Crippen LogP contribution in [0, 0.1) is 22.2 Å². The van der Waals surface area contributed by atoms with Crippen LogP contribution in [-0.2, 0) is 14.3 Å². The Morgan fingerprint density at radius 3 is 2.22 bits per heavy atom. The topological polar surface area (TPSA) is 72.5 Å². The van der Waals surface area contributed by atoms with Crippen LogP contribution in [0.25, 0.3) is 0 Å². The molecule has 1 aromatic carbocycles. The number of amides is 1. The summed E-state index contributed by atoms with van der Waals surface area (Å²) in [6, 6.07) is 6.72. The largest absolute Gasteiger partial charge is 0.462 e. The highest BCUT2D eigenvalue weighted by Gasteiger charge is 2.72. The highest BCUT2D eigenvalue weighted by Crippen LogP contribution is 2.70. The number of Topliss-reactive ketones (excluding diaryl/α,β-unsaturated/α-hetero) is 1. The molecule has 3 rings (SSSR count). The first kappa shape index (κ1) is 19.6. The van der Waals surface area contributed by atoms with Gasteiger partial charge in [0.1, 0.15) is 5.78 Å². The molecule has 5 nitrogen and oxygen atoms in total. The third kappa shape index (κ3) is 2.88. The zero-order valence-electron chi connectivity index (χ0n) is 16.8. The number of fused-ring (bicyclic) bond motifs is 2. The van der Waals surface area contributed by atoms with E-state index in [4.69, 9.17) is 4.74 Å². The molecular formula is C22H29NO4. The highest BCUT2D eigenvalue weighted by molar-refractivity contribution is 6.04. The summed E-state index contributed by atoms with van der Waals surface area (Å²) in [5.74, 6) is 0.00458. The number of benzene rings is 1. The Labute approximate surface area is 160 Å². The van der Waals surface area contributed by atoms with E-state index >= 15 is 0 Å². The molecule has 2 aliphatic rings. The minimum Gasteiger partial charge on any atom is -0.462 e. The summed E-state index contributed by atoms with van der Waals surface area (Å²) in [5, 5.41) is 2.97. The number of hydrogen-bond acceptors (Lipinski definition) is 4. The molecule has 27 heavy (non-hydrogen) atoms. The number of carbonyl (C=O) groups is 3. The summed E-state index contributed by atoms with van der Waals surface area (Å²) >= 11 is 0. The van der Waals surface area contributed by atoms with E-state index in [2.05, 4.69) is 5.32 Å². The average Bonchev–Trinajstić information content (AvgIpc) is 2.90. The molecule has 0 aliphatic heterocycles. The normalized spacial score (nSPS) is 28.4. The van der Waals surface area contributed by atoms with Gasteiger partial charge < -0.3 is 10.1 Å². The van der Waals surface area contributed by atoms with Gasteiger partial charge in [0, 0.05) is 17.5 Å². The van der Waals surface area contributed by atoms with E-state index in [1.165, 1.54) is 0 Å². The van der Waals surface area contributed by atoms with E-state index in [1.54, 1.807) is 24.3 Å². The van der Waals surface area contributed by atoms with Crippen molar-refractivity contribution in [3.05, 3.63) is 29.8 Å². The summed E-state index contributed by atoms with van der Waals surface area (Å²) in [4.78, 5) is 37.7. The lowest BCUT2D eigenvalue weighted by Crippen LogP contribution is -2.43. The maximum absolute atomic E-state index is 13.1. The van der Waals surface area contributed by atoms with Crippen LogP contribution in [-0.4, -0.2) is 24.3 Å². The maximum atomic E-state index is 13.1. The molecule has 5 heteroatoms. The van der Waals surface area contributed by atoms with Gasteiger partial charge in [-0.3, -0.25) is 9.59 Å². The van der Waals surface area contributed by atoms with Gasteiger partial charge in [0.2, 0.25) is 5.91 Å². The van der Waals surface area contributed by atoms with Crippen molar-refractivity contribution in [3.63, 3.8) is 0 Å². The minimum atomic E-state index is -0.659. The summed E-state index contributed by atoms with van der Waals surface area (Å²) in [7, 11) is 0. The molecule has 1 aromatic rings. The summed E-state index contributed by atoms with van der Waals surface area (Å²) < 4.78 is 5.22. The monoisotopic (exact) mass is 371 g/mol. The smallest absolute Gasteiger partial charge is 0.338 e. The first-order valence-corrected chi connectivity index (χ1v) is 9.65. The molecule has 0 aromatic heterocycles. The second kappa shape index (κ2) is 6.47. The number of hydrogen-bond donors (Lipinski definition) is 1. The lowest BCUT2D eigenvalue weighted by molar-refractivity contribution is -0.131. The lowest BCUT2D eigenvalue weighted by atomic mass is 9.64. The van der Waals surface area contributed by atoms with Crippen molar-refractivity contribution in [2.75, 3.05) is 11.9 Å².